The molecule has 208 valence electrons. The molecule has 0 saturated heterocycles. The van der Waals surface area contributed by atoms with Crippen molar-refractivity contribution in [3.8, 4) is 0 Å². The van der Waals surface area contributed by atoms with Crippen LogP contribution in [0.25, 0.3) is 0 Å². The molecular formula is C33H52O4. The summed E-state index contributed by atoms with van der Waals surface area (Å²) in [7, 11) is 1.59. The monoisotopic (exact) mass is 512 g/mol. The zero-order valence-corrected chi connectivity index (χ0v) is 25.0. The number of carbonyl (C=O) groups excluding carboxylic acids is 2. The summed E-state index contributed by atoms with van der Waals surface area (Å²) in [6, 6.07) is 0. The van der Waals surface area contributed by atoms with Gasteiger partial charge >= 0.3 is 11.9 Å². The summed E-state index contributed by atoms with van der Waals surface area (Å²) in [6.07, 6.45) is 12.4. The van der Waals surface area contributed by atoms with Crippen LogP contribution < -0.4 is 0 Å². The van der Waals surface area contributed by atoms with Crippen molar-refractivity contribution in [3.05, 3.63) is 11.6 Å². The fraction of sp³-hybridized carbons (Fsp3) is 0.879. The SMILES string of the molecule is COC(=O)[C@]12CC[C@@H](C)[C@H](C)[C@H]1C1=CC[C@@H]3[C@@]4(C)CC[C@@H](OC(C)=O)C(C)(C)[C@@H]4CC[C@@]3(C)[C@]1(C)CC2. The fourth-order valence-electron chi connectivity index (χ4n) is 11.4. The standard InChI is InChI=1S/C33H52O4/c1-20-12-17-33(28(35)36-9)19-18-31(7)23(27(33)21(20)2)10-11-25-30(6)15-14-26(37-22(3)34)29(4,5)24(30)13-16-32(25,31)8/h10,20-21,24-27H,11-19H2,1-9H3/t20-,21+,24+,25-,26-,27+,30+,31-,32-,33+/m1/s1. The maximum atomic E-state index is 13.4. The molecule has 4 heteroatoms. The first-order chi connectivity index (χ1) is 17.2. The van der Waals surface area contributed by atoms with Gasteiger partial charge in [-0.2, -0.15) is 0 Å². The predicted octanol–water partition coefficient (Wildman–Crippen LogP) is 7.75. The molecule has 5 aliphatic rings. The smallest absolute Gasteiger partial charge is 0.312 e. The first-order valence-electron chi connectivity index (χ1n) is 15.2. The third-order valence-corrected chi connectivity index (χ3v) is 13.8. The van der Waals surface area contributed by atoms with E-state index in [9.17, 15) is 9.59 Å². The molecule has 4 saturated carbocycles. The van der Waals surface area contributed by atoms with E-state index in [0.717, 1.165) is 44.9 Å². The zero-order valence-electron chi connectivity index (χ0n) is 25.0. The van der Waals surface area contributed by atoms with Gasteiger partial charge in [-0.3, -0.25) is 9.59 Å². The van der Waals surface area contributed by atoms with Gasteiger partial charge in [0.1, 0.15) is 6.10 Å². The number of rotatable bonds is 2. The summed E-state index contributed by atoms with van der Waals surface area (Å²) in [4.78, 5) is 25.4. The third kappa shape index (κ3) is 3.45. The molecule has 0 radical (unpaired) electrons. The van der Waals surface area contributed by atoms with Crippen LogP contribution in [0.3, 0.4) is 0 Å². The van der Waals surface area contributed by atoms with Crippen molar-refractivity contribution in [2.24, 2.45) is 56.7 Å². The van der Waals surface area contributed by atoms with Gasteiger partial charge in [-0.15, -0.1) is 0 Å². The molecule has 0 aromatic rings. The van der Waals surface area contributed by atoms with E-state index in [0.29, 0.717) is 29.6 Å². The summed E-state index contributed by atoms with van der Waals surface area (Å²) < 4.78 is 11.4. The van der Waals surface area contributed by atoms with Crippen molar-refractivity contribution >= 4 is 11.9 Å². The van der Waals surface area contributed by atoms with E-state index >= 15 is 0 Å². The number of hydrogen-bond donors (Lipinski definition) is 0. The van der Waals surface area contributed by atoms with Crippen LogP contribution in [-0.2, 0) is 19.1 Å². The number of carbonyl (C=O) groups is 2. The number of hydrogen-bond acceptors (Lipinski definition) is 4. The second-order valence-corrected chi connectivity index (χ2v) is 15.3. The first-order valence-corrected chi connectivity index (χ1v) is 15.2. The number of ether oxygens (including phenoxy) is 2. The van der Waals surface area contributed by atoms with Crippen molar-refractivity contribution in [3.63, 3.8) is 0 Å². The average molecular weight is 513 g/mol. The minimum atomic E-state index is -0.347. The lowest BCUT2D eigenvalue weighted by atomic mass is 9.33. The molecule has 0 spiro atoms. The topological polar surface area (TPSA) is 52.6 Å². The Kier molecular flexibility index (Phi) is 6.33. The maximum Gasteiger partial charge on any atom is 0.312 e. The Balaban J connectivity index is 1.57. The Bertz CT molecular complexity index is 996. The Hall–Kier alpha value is -1.32. The molecule has 0 aromatic heterocycles. The molecule has 0 heterocycles. The summed E-state index contributed by atoms with van der Waals surface area (Å²) in [5.41, 5.74) is 1.76. The number of esters is 2. The summed E-state index contributed by atoms with van der Waals surface area (Å²) in [6.45, 7) is 18.8. The Labute approximate surface area is 225 Å². The molecule has 5 aliphatic carbocycles. The van der Waals surface area contributed by atoms with Gasteiger partial charge in [0.25, 0.3) is 0 Å². The molecule has 37 heavy (non-hydrogen) atoms. The molecule has 0 unspecified atom stereocenters. The van der Waals surface area contributed by atoms with E-state index < -0.39 is 0 Å². The third-order valence-electron chi connectivity index (χ3n) is 13.8. The molecule has 5 rings (SSSR count). The normalized spacial score (nSPS) is 50.4. The first kappa shape index (κ1) is 27.3. The Morgan fingerprint density at radius 3 is 2.24 bits per heavy atom. The maximum absolute atomic E-state index is 13.4. The average Bonchev–Trinajstić information content (AvgIpc) is 2.83. The van der Waals surface area contributed by atoms with Crippen LogP contribution in [0, 0.1) is 56.7 Å². The van der Waals surface area contributed by atoms with Crippen molar-refractivity contribution in [1.29, 1.82) is 0 Å². The van der Waals surface area contributed by atoms with Crippen LogP contribution >= 0.6 is 0 Å². The second kappa shape index (κ2) is 8.59. The van der Waals surface area contributed by atoms with E-state index in [4.69, 9.17) is 9.47 Å². The van der Waals surface area contributed by atoms with Gasteiger partial charge < -0.3 is 9.47 Å². The van der Waals surface area contributed by atoms with Gasteiger partial charge in [-0.05, 0) is 104 Å². The van der Waals surface area contributed by atoms with E-state index in [2.05, 4.69) is 54.5 Å². The molecule has 4 nitrogen and oxygen atoms in total. The summed E-state index contributed by atoms with van der Waals surface area (Å²) in [5.74, 6) is 2.45. The lowest BCUT2D eigenvalue weighted by molar-refractivity contribution is -0.214. The van der Waals surface area contributed by atoms with Crippen LogP contribution in [0.2, 0.25) is 0 Å². The predicted molar refractivity (Wildman–Crippen MR) is 147 cm³/mol. The molecule has 0 aliphatic heterocycles. The van der Waals surface area contributed by atoms with Crippen LogP contribution in [-0.4, -0.2) is 25.2 Å². The highest BCUT2D eigenvalue weighted by molar-refractivity contribution is 5.78. The van der Waals surface area contributed by atoms with Gasteiger partial charge in [-0.1, -0.05) is 60.1 Å². The van der Waals surface area contributed by atoms with Crippen LogP contribution in [0.4, 0.5) is 0 Å². The Morgan fingerprint density at radius 1 is 0.892 bits per heavy atom. The minimum Gasteiger partial charge on any atom is -0.469 e. The highest BCUT2D eigenvalue weighted by atomic mass is 16.5. The molecule has 0 N–H and O–H groups in total. The molecule has 10 atom stereocenters. The van der Waals surface area contributed by atoms with Gasteiger partial charge in [0, 0.05) is 12.3 Å². The fourth-order valence-corrected chi connectivity index (χ4v) is 11.4. The number of allylic oxidation sites excluding steroid dienone is 2. The van der Waals surface area contributed by atoms with E-state index in [1.807, 2.05) is 0 Å². The van der Waals surface area contributed by atoms with Crippen LogP contribution in [0.1, 0.15) is 113 Å². The lowest BCUT2D eigenvalue weighted by Gasteiger charge is -2.71. The molecular weight excluding hydrogens is 460 g/mol. The van der Waals surface area contributed by atoms with Crippen molar-refractivity contribution in [2.45, 2.75) is 119 Å². The molecule has 0 bridgehead atoms. The van der Waals surface area contributed by atoms with E-state index in [1.54, 1.807) is 19.6 Å². The zero-order chi connectivity index (χ0) is 27.2. The van der Waals surface area contributed by atoms with Crippen molar-refractivity contribution in [2.75, 3.05) is 7.11 Å². The largest absolute Gasteiger partial charge is 0.469 e. The molecule has 0 amide bonds. The highest BCUT2D eigenvalue weighted by Gasteiger charge is 2.69. The summed E-state index contributed by atoms with van der Waals surface area (Å²) >= 11 is 0. The van der Waals surface area contributed by atoms with Crippen molar-refractivity contribution < 1.29 is 19.1 Å². The highest BCUT2D eigenvalue weighted by Crippen LogP contribution is 2.76. The Morgan fingerprint density at radius 2 is 1.59 bits per heavy atom. The lowest BCUT2D eigenvalue weighted by Crippen LogP contribution is -2.65. The van der Waals surface area contributed by atoms with Crippen LogP contribution in [0.15, 0.2) is 11.6 Å². The quantitative estimate of drug-likeness (QED) is 0.280. The molecule has 4 fully saturated rings. The van der Waals surface area contributed by atoms with Gasteiger partial charge in [0.2, 0.25) is 0 Å². The minimum absolute atomic E-state index is 0.0117. The van der Waals surface area contributed by atoms with Gasteiger partial charge in [-0.25, -0.2) is 0 Å². The number of methoxy groups -OCH3 is 1. The van der Waals surface area contributed by atoms with Gasteiger partial charge in [0.05, 0.1) is 12.5 Å². The van der Waals surface area contributed by atoms with E-state index in [1.165, 1.54) is 12.8 Å². The van der Waals surface area contributed by atoms with Crippen molar-refractivity contribution in [1.82, 2.24) is 0 Å². The summed E-state index contributed by atoms with van der Waals surface area (Å²) in [5, 5.41) is 0. The number of fused-ring (bicyclic) bond motifs is 7. The van der Waals surface area contributed by atoms with E-state index in [-0.39, 0.29) is 45.1 Å². The van der Waals surface area contributed by atoms with Gasteiger partial charge in [0.15, 0.2) is 0 Å². The van der Waals surface area contributed by atoms with Crippen LogP contribution in [0.5, 0.6) is 0 Å². The second-order valence-electron chi connectivity index (χ2n) is 15.3. The molecule has 0 aromatic carbocycles.